The molecule has 3 nitrogen and oxygen atoms in total. The maximum absolute atomic E-state index is 5.25. The summed E-state index contributed by atoms with van der Waals surface area (Å²) in [5, 5.41) is 3.34. The molecule has 19 heavy (non-hydrogen) atoms. The van der Waals surface area contributed by atoms with Crippen LogP contribution in [0.4, 0.5) is 0 Å². The number of benzene rings is 1. The maximum Gasteiger partial charge on any atom is 0.119 e. The van der Waals surface area contributed by atoms with Crippen molar-refractivity contribution in [2.45, 2.75) is 13.0 Å². The van der Waals surface area contributed by atoms with Gasteiger partial charge < -0.3 is 10.1 Å². The Morgan fingerprint density at radius 2 is 2.05 bits per heavy atom. The number of hydrogen-bond acceptors (Lipinski definition) is 3. The average molecular weight is 321 g/mol. The van der Waals surface area contributed by atoms with Crippen molar-refractivity contribution in [2.75, 3.05) is 14.2 Å². The van der Waals surface area contributed by atoms with Crippen LogP contribution in [0.15, 0.2) is 41.1 Å². The van der Waals surface area contributed by atoms with Gasteiger partial charge in [-0.05, 0) is 64.8 Å². The Balaban J connectivity index is 2.42. The normalized spacial score (nSPS) is 12.2. The monoisotopic (exact) mass is 320 g/mol. The lowest BCUT2D eigenvalue weighted by molar-refractivity contribution is 0.414. The van der Waals surface area contributed by atoms with Crippen molar-refractivity contribution in [3.05, 3.63) is 57.8 Å². The molecule has 0 radical (unpaired) electrons. The molecule has 0 aliphatic carbocycles. The number of rotatable bonds is 4. The zero-order valence-electron chi connectivity index (χ0n) is 11.3. The van der Waals surface area contributed by atoms with Crippen LogP contribution in [-0.4, -0.2) is 19.1 Å². The minimum atomic E-state index is 0.121. The second-order valence-electron chi connectivity index (χ2n) is 4.38. The quantitative estimate of drug-likeness (QED) is 0.936. The van der Waals surface area contributed by atoms with E-state index in [1.54, 1.807) is 13.3 Å². The summed E-state index contributed by atoms with van der Waals surface area (Å²) in [7, 11) is 3.64. The summed E-state index contributed by atoms with van der Waals surface area (Å²) in [5.74, 6) is 0.878. The van der Waals surface area contributed by atoms with Crippen molar-refractivity contribution in [2.24, 2.45) is 0 Å². The third-order valence-electron chi connectivity index (χ3n) is 3.14. The first-order chi connectivity index (χ1) is 9.15. The highest BCUT2D eigenvalue weighted by Crippen LogP contribution is 2.28. The van der Waals surface area contributed by atoms with Crippen molar-refractivity contribution in [3.63, 3.8) is 0 Å². The van der Waals surface area contributed by atoms with Gasteiger partial charge in [-0.15, -0.1) is 0 Å². The molecule has 1 aromatic heterocycles. The van der Waals surface area contributed by atoms with Crippen molar-refractivity contribution in [1.29, 1.82) is 0 Å². The average Bonchev–Trinajstić information content (AvgIpc) is 2.41. The summed E-state index contributed by atoms with van der Waals surface area (Å²) < 4.78 is 6.23. The predicted molar refractivity (Wildman–Crippen MR) is 80.6 cm³/mol. The molecular weight excluding hydrogens is 304 g/mol. The van der Waals surface area contributed by atoms with E-state index in [1.165, 1.54) is 11.1 Å². The van der Waals surface area contributed by atoms with E-state index in [1.807, 2.05) is 25.4 Å². The SMILES string of the molecule is CNC(c1cncc(Br)c1)c1ccc(OC)cc1C. The number of nitrogens with zero attached hydrogens (tertiary/aromatic N) is 1. The van der Waals surface area contributed by atoms with Gasteiger partial charge in [0, 0.05) is 16.9 Å². The largest absolute Gasteiger partial charge is 0.497 e. The Hall–Kier alpha value is -1.39. The van der Waals surface area contributed by atoms with Gasteiger partial charge in [-0.1, -0.05) is 6.07 Å². The van der Waals surface area contributed by atoms with E-state index in [0.29, 0.717) is 0 Å². The fourth-order valence-electron chi connectivity index (χ4n) is 2.19. The molecule has 0 aliphatic heterocycles. The summed E-state index contributed by atoms with van der Waals surface area (Å²) in [6.07, 6.45) is 3.67. The van der Waals surface area contributed by atoms with Gasteiger partial charge in [-0.2, -0.15) is 0 Å². The summed E-state index contributed by atoms with van der Waals surface area (Å²) in [6.45, 7) is 2.09. The van der Waals surface area contributed by atoms with Crippen LogP contribution in [0.3, 0.4) is 0 Å². The van der Waals surface area contributed by atoms with Crippen LogP contribution in [0.5, 0.6) is 5.75 Å². The van der Waals surface area contributed by atoms with Crippen LogP contribution >= 0.6 is 15.9 Å². The third kappa shape index (κ3) is 3.14. The second kappa shape index (κ2) is 6.17. The zero-order chi connectivity index (χ0) is 13.8. The Morgan fingerprint density at radius 1 is 1.26 bits per heavy atom. The summed E-state index contributed by atoms with van der Waals surface area (Å²) in [5.41, 5.74) is 3.55. The summed E-state index contributed by atoms with van der Waals surface area (Å²) in [6, 6.07) is 8.33. The van der Waals surface area contributed by atoms with E-state index < -0.39 is 0 Å². The van der Waals surface area contributed by atoms with E-state index >= 15 is 0 Å². The standard InChI is InChI=1S/C15H17BrN2O/c1-10-6-13(19-3)4-5-14(10)15(17-2)11-7-12(16)9-18-8-11/h4-9,15,17H,1-3H3. The molecule has 0 saturated heterocycles. The highest BCUT2D eigenvalue weighted by Gasteiger charge is 2.15. The van der Waals surface area contributed by atoms with Gasteiger partial charge in [-0.3, -0.25) is 4.98 Å². The molecule has 0 amide bonds. The lowest BCUT2D eigenvalue weighted by Gasteiger charge is -2.19. The topological polar surface area (TPSA) is 34.2 Å². The molecule has 0 fully saturated rings. The Kier molecular flexibility index (Phi) is 4.56. The van der Waals surface area contributed by atoms with Gasteiger partial charge >= 0.3 is 0 Å². The molecular formula is C15H17BrN2O. The van der Waals surface area contributed by atoms with Crippen molar-refractivity contribution >= 4 is 15.9 Å². The molecule has 2 rings (SSSR count). The Bertz CT molecular complexity index is 572. The summed E-state index contributed by atoms with van der Waals surface area (Å²) >= 11 is 3.46. The van der Waals surface area contributed by atoms with Gasteiger partial charge in [0.05, 0.1) is 13.2 Å². The third-order valence-corrected chi connectivity index (χ3v) is 3.57. The number of ether oxygens (including phenoxy) is 1. The number of halogens is 1. The predicted octanol–water partition coefficient (Wildman–Crippen LogP) is 3.47. The number of nitrogens with one attached hydrogen (secondary N) is 1. The van der Waals surface area contributed by atoms with Crippen molar-refractivity contribution in [1.82, 2.24) is 10.3 Å². The van der Waals surface area contributed by atoms with E-state index in [4.69, 9.17) is 4.74 Å². The molecule has 1 atom stereocenters. The van der Waals surface area contributed by atoms with Crippen molar-refractivity contribution < 1.29 is 4.74 Å². The highest BCUT2D eigenvalue weighted by molar-refractivity contribution is 9.10. The zero-order valence-corrected chi connectivity index (χ0v) is 12.9. The molecule has 1 aromatic carbocycles. The van der Waals surface area contributed by atoms with E-state index in [-0.39, 0.29) is 6.04 Å². The molecule has 2 aromatic rings. The lowest BCUT2D eigenvalue weighted by atomic mass is 9.96. The number of hydrogen-bond donors (Lipinski definition) is 1. The van der Waals surface area contributed by atoms with Gasteiger partial charge in [0.1, 0.15) is 5.75 Å². The van der Waals surface area contributed by atoms with Crippen LogP contribution in [0.25, 0.3) is 0 Å². The molecule has 1 heterocycles. The molecule has 1 N–H and O–H groups in total. The Morgan fingerprint density at radius 3 is 2.63 bits per heavy atom. The lowest BCUT2D eigenvalue weighted by Crippen LogP contribution is -2.18. The van der Waals surface area contributed by atoms with Gasteiger partial charge in [-0.25, -0.2) is 0 Å². The fourth-order valence-corrected chi connectivity index (χ4v) is 2.57. The van der Waals surface area contributed by atoms with Crippen LogP contribution in [0, 0.1) is 6.92 Å². The molecule has 4 heteroatoms. The fraction of sp³-hybridized carbons (Fsp3) is 0.267. The number of aromatic nitrogens is 1. The smallest absolute Gasteiger partial charge is 0.119 e. The van der Waals surface area contributed by atoms with E-state index in [9.17, 15) is 0 Å². The van der Waals surface area contributed by atoms with Crippen LogP contribution < -0.4 is 10.1 Å². The van der Waals surface area contributed by atoms with Crippen LogP contribution in [-0.2, 0) is 0 Å². The molecule has 1 unspecified atom stereocenters. The van der Waals surface area contributed by atoms with E-state index in [0.717, 1.165) is 15.8 Å². The number of aryl methyl sites for hydroxylation is 1. The van der Waals surface area contributed by atoms with Crippen LogP contribution in [0.1, 0.15) is 22.7 Å². The minimum Gasteiger partial charge on any atom is -0.497 e. The molecule has 0 spiro atoms. The second-order valence-corrected chi connectivity index (χ2v) is 5.30. The first-order valence-electron chi connectivity index (χ1n) is 6.08. The molecule has 0 bridgehead atoms. The van der Waals surface area contributed by atoms with Gasteiger partial charge in [0.2, 0.25) is 0 Å². The maximum atomic E-state index is 5.25. The first-order valence-corrected chi connectivity index (χ1v) is 6.87. The van der Waals surface area contributed by atoms with E-state index in [2.05, 4.69) is 45.3 Å². The van der Waals surface area contributed by atoms with Crippen molar-refractivity contribution in [3.8, 4) is 5.75 Å². The highest BCUT2D eigenvalue weighted by atomic mass is 79.9. The Labute approximate surface area is 122 Å². The molecule has 0 saturated carbocycles. The summed E-state index contributed by atoms with van der Waals surface area (Å²) in [4.78, 5) is 4.23. The van der Waals surface area contributed by atoms with Gasteiger partial charge in [0.15, 0.2) is 0 Å². The van der Waals surface area contributed by atoms with Gasteiger partial charge in [0.25, 0.3) is 0 Å². The van der Waals surface area contributed by atoms with Crippen LogP contribution in [0.2, 0.25) is 0 Å². The number of pyridine rings is 1. The molecule has 100 valence electrons. The molecule has 0 aliphatic rings. The number of methoxy groups -OCH3 is 1. The first kappa shape index (κ1) is 14.0. The minimum absolute atomic E-state index is 0.121.